The number of carbonyl (C=O) groups excluding carboxylic acids is 1. The molecule has 2 aromatic rings. The van der Waals surface area contributed by atoms with E-state index < -0.39 is 5.54 Å². The van der Waals surface area contributed by atoms with Gasteiger partial charge >= 0.3 is 0 Å². The van der Waals surface area contributed by atoms with Crippen LogP contribution in [-0.2, 0) is 11.3 Å². The van der Waals surface area contributed by atoms with Crippen LogP contribution < -0.4 is 5.32 Å². The topological polar surface area (TPSA) is 70.7 Å². The normalized spacial score (nSPS) is 13.5. The van der Waals surface area contributed by atoms with Gasteiger partial charge < -0.3 is 9.88 Å². The zero-order chi connectivity index (χ0) is 17.7. The van der Waals surface area contributed by atoms with Crippen LogP contribution in [0.4, 0.5) is 0 Å². The predicted octanol–water partition coefficient (Wildman–Crippen LogP) is 3.37. The number of para-hydroxylation sites is 2. The van der Waals surface area contributed by atoms with E-state index in [9.17, 15) is 10.1 Å². The van der Waals surface area contributed by atoms with E-state index in [1.54, 1.807) is 6.92 Å². The minimum Gasteiger partial charge on any atom is -0.337 e. The van der Waals surface area contributed by atoms with E-state index in [2.05, 4.69) is 22.9 Å². The zero-order valence-corrected chi connectivity index (χ0v) is 15.1. The lowest BCUT2D eigenvalue weighted by molar-refractivity contribution is -0.120. The van der Waals surface area contributed by atoms with Gasteiger partial charge in [0.1, 0.15) is 5.54 Å². The molecule has 0 radical (unpaired) electrons. The molecule has 0 aliphatic carbocycles. The Bertz CT molecular complexity index is 790. The van der Waals surface area contributed by atoms with Gasteiger partial charge in [0.05, 0.1) is 22.9 Å². The van der Waals surface area contributed by atoms with Gasteiger partial charge in [0.25, 0.3) is 0 Å². The van der Waals surface area contributed by atoms with Crippen LogP contribution >= 0.6 is 11.8 Å². The maximum atomic E-state index is 12.2. The number of nitrogens with one attached hydrogen (secondary N) is 1. The molecule has 2 rings (SSSR count). The molecule has 126 valence electrons. The second-order valence-corrected chi connectivity index (χ2v) is 7.03. The molecule has 5 nitrogen and oxygen atoms in total. The Morgan fingerprint density at radius 2 is 2.25 bits per heavy atom. The summed E-state index contributed by atoms with van der Waals surface area (Å²) < 4.78 is 2.03. The Morgan fingerprint density at radius 1 is 1.54 bits per heavy atom. The Kier molecular flexibility index (Phi) is 5.68. The maximum absolute atomic E-state index is 12.2. The van der Waals surface area contributed by atoms with Crippen molar-refractivity contribution in [2.24, 2.45) is 5.92 Å². The zero-order valence-electron chi connectivity index (χ0n) is 14.2. The van der Waals surface area contributed by atoms with Crippen molar-refractivity contribution in [2.45, 2.75) is 38.0 Å². The number of rotatable bonds is 7. The largest absolute Gasteiger partial charge is 0.337 e. The molecule has 0 fully saturated rings. The number of nitriles is 1. The van der Waals surface area contributed by atoms with Gasteiger partial charge in [-0.25, -0.2) is 4.98 Å². The van der Waals surface area contributed by atoms with Crippen molar-refractivity contribution in [3.8, 4) is 6.07 Å². The van der Waals surface area contributed by atoms with Crippen LogP contribution in [0.3, 0.4) is 0 Å². The first kappa shape index (κ1) is 18.1. The second kappa shape index (κ2) is 7.54. The van der Waals surface area contributed by atoms with Gasteiger partial charge in [0.15, 0.2) is 5.16 Å². The molecule has 0 saturated carbocycles. The molecule has 0 aliphatic rings. The molecule has 6 heteroatoms. The number of hydrogen-bond acceptors (Lipinski definition) is 4. The number of hydrogen-bond donors (Lipinski definition) is 1. The minimum atomic E-state index is -0.862. The number of allylic oxidation sites excluding steroid dienone is 1. The number of aromatic nitrogens is 2. The molecule has 0 spiro atoms. The van der Waals surface area contributed by atoms with E-state index in [-0.39, 0.29) is 17.6 Å². The highest BCUT2D eigenvalue weighted by Crippen LogP contribution is 2.24. The van der Waals surface area contributed by atoms with E-state index in [0.717, 1.165) is 16.2 Å². The van der Waals surface area contributed by atoms with Crippen LogP contribution in [0.1, 0.15) is 20.8 Å². The third-order valence-electron chi connectivity index (χ3n) is 4.05. The fourth-order valence-electron chi connectivity index (χ4n) is 2.23. The average molecular weight is 342 g/mol. The van der Waals surface area contributed by atoms with Crippen LogP contribution in [0.25, 0.3) is 11.0 Å². The SMILES string of the molecule is C=CCn1c(SCC(=O)N[C@@](C)(C#N)C(C)C)nc2ccccc21. The minimum absolute atomic E-state index is 0.0294. The average Bonchev–Trinajstić information content (AvgIpc) is 2.91. The molecule has 0 unspecified atom stereocenters. The quantitative estimate of drug-likeness (QED) is 0.618. The smallest absolute Gasteiger partial charge is 0.231 e. The van der Waals surface area contributed by atoms with Crippen molar-refractivity contribution in [1.29, 1.82) is 5.26 Å². The van der Waals surface area contributed by atoms with Gasteiger partial charge in [0, 0.05) is 6.54 Å². The summed E-state index contributed by atoms with van der Waals surface area (Å²) in [5.41, 5.74) is 1.05. The molecule has 0 saturated heterocycles. The van der Waals surface area contributed by atoms with Crippen molar-refractivity contribution in [1.82, 2.24) is 14.9 Å². The summed E-state index contributed by atoms with van der Waals surface area (Å²) in [5, 5.41) is 12.9. The van der Waals surface area contributed by atoms with Gasteiger partial charge in [-0.2, -0.15) is 5.26 Å². The van der Waals surface area contributed by atoms with Crippen molar-refractivity contribution < 1.29 is 4.79 Å². The lowest BCUT2D eigenvalue weighted by atomic mass is 9.90. The molecule has 1 N–H and O–H groups in total. The first-order valence-electron chi connectivity index (χ1n) is 7.82. The molecule has 0 bridgehead atoms. The van der Waals surface area contributed by atoms with Crippen LogP contribution in [0, 0.1) is 17.2 Å². The number of fused-ring (bicyclic) bond motifs is 1. The van der Waals surface area contributed by atoms with Crippen LogP contribution in [-0.4, -0.2) is 26.8 Å². The molecule has 1 aromatic heterocycles. The Hall–Kier alpha value is -2.26. The summed E-state index contributed by atoms with van der Waals surface area (Å²) in [4.78, 5) is 16.8. The number of benzene rings is 1. The van der Waals surface area contributed by atoms with Crippen molar-refractivity contribution in [3.05, 3.63) is 36.9 Å². The Balaban J connectivity index is 2.13. The summed E-state index contributed by atoms with van der Waals surface area (Å²) in [6.07, 6.45) is 1.81. The van der Waals surface area contributed by atoms with Gasteiger partial charge in [0.2, 0.25) is 5.91 Å². The van der Waals surface area contributed by atoms with E-state index in [1.807, 2.05) is 48.8 Å². The molecule has 24 heavy (non-hydrogen) atoms. The number of amides is 1. The summed E-state index contributed by atoms with van der Waals surface area (Å²) in [6.45, 7) is 9.99. The fraction of sp³-hybridized carbons (Fsp3) is 0.389. The highest BCUT2D eigenvalue weighted by molar-refractivity contribution is 7.99. The summed E-state index contributed by atoms with van der Waals surface area (Å²) in [5.74, 6) is 0.0709. The Morgan fingerprint density at radius 3 is 2.88 bits per heavy atom. The monoisotopic (exact) mass is 342 g/mol. The summed E-state index contributed by atoms with van der Waals surface area (Å²) >= 11 is 1.37. The van der Waals surface area contributed by atoms with E-state index in [0.29, 0.717) is 6.54 Å². The highest BCUT2D eigenvalue weighted by Gasteiger charge is 2.30. The number of carbonyl (C=O) groups is 1. The second-order valence-electron chi connectivity index (χ2n) is 6.09. The summed E-state index contributed by atoms with van der Waals surface area (Å²) in [6, 6.07) is 10.0. The standard InChI is InChI=1S/C18H22N4OS/c1-5-10-22-15-9-7-6-8-14(15)20-17(22)24-11-16(23)21-18(4,12-19)13(2)3/h5-9,13H,1,10-11H2,2-4H3,(H,21,23)/t18-/m0/s1. The number of imidazole rings is 1. The first-order chi connectivity index (χ1) is 11.4. The van der Waals surface area contributed by atoms with Crippen LogP contribution in [0.15, 0.2) is 42.1 Å². The summed E-state index contributed by atoms with van der Waals surface area (Å²) in [7, 11) is 0. The lowest BCUT2D eigenvalue weighted by Gasteiger charge is -2.27. The van der Waals surface area contributed by atoms with Crippen molar-refractivity contribution >= 4 is 28.7 Å². The molecule has 1 atom stereocenters. The molecule has 0 aliphatic heterocycles. The number of nitrogens with zero attached hydrogens (tertiary/aromatic N) is 3. The van der Waals surface area contributed by atoms with Crippen LogP contribution in [0.2, 0.25) is 0 Å². The van der Waals surface area contributed by atoms with Gasteiger partial charge in [-0.3, -0.25) is 4.79 Å². The lowest BCUT2D eigenvalue weighted by Crippen LogP contribution is -2.49. The molecule has 1 heterocycles. The fourth-order valence-corrected chi connectivity index (χ4v) is 3.05. The third-order valence-corrected chi connectivity index (χ3v) is 5.03. The Labute approximate surface area is 146 Å². The molecular weight excluding hydrogens is 320 g/mol. The van der Waals surface area contributed by atoms with Gasteiger partial charge in [-0.05, 0) is 25.0 Å². The van der Waals surface area contributed by atoms with E-state index >= 15 is 0 Å². The maximum Gasteiger partial charge on any atom is 0.231 e. The van der Waals surface area contributed by atoms with Crippen molar-refractivity contribution in [2.75, 3.05) is 5.75 Å². The van der Waals surface area contributed by atoms with Crippen LogP contribution in [0.5, 0.6) is 0 Å². The van der Waals surface area contributed by atoms with E-state index in [1.165, 1.54) is 11.8 Å². The van der Waals surface area contributed by atoms with Gasteiger partial charge in [-0.1, -0.05) is 43.8 Å². The predicted molar refractivity (Wildman–Crippen MR) is 97.7 cm³/mol. The highest BCUT2D eigenvalue weighted by atomic mass is 32.2. The molecular formula is C18H22N4OS. The molecule has 1 aromatic carbocycles. The van der Waals surface area contributed by atoms with Crippen molar-refractivity contribution in [3.63, 3.8) is 0 Å². The molecule has 1 amide bonds. The number of thioether (sulfide) groups is 1. The third kappa shape index (κ3) is 3.80. The van der Waals surface area contributed by atoms with Gasteiger partial charge in [-0.15, -0.1) is 6.58 Å². The van der Waals surface area contributed by atoms with E-state index in [4.69, 9.17) is 0 Å². The first-order valence-corrected chi connectivity index (χ1v) is 8.81.